The molecule has 0 spiro atoms. The highest BCUT2D eigenvalue weighted by Crippen LogP contribution is 2.33. The molecule has 1 unspecified atom stereocenters. The largest absolute Gasteiger partial charge is 0.490 e. The van der Waals surface area contributed by atoms with E-state index < -0.39 is 30.2 Å². The fraction of sp³-hybridized carbons (Fsp3) is 0.167. The first-order valence-electron chi connectivity index (χ1n) is 10.2. The van der Waals surface area contributed by atoms with Crippen LogP contribution in [0.1, 0.15) is 5.82 Å². The van der Waals surface area contributed by atoms with Crippen molar-refractivity contribution in [3.63, 3.8) is 0 Å². The van der Waals surface area contributed by atoms with E-state index in [0.717, 1.165) is 21.8 Å². The SMILES string of the molecule is O=c1c2ccccc2nc(C(F)(F)F)n1CC(O)COc1cccc2[nH]c3ccccc3c12. The highest BCUT2D eigenvalue weighted by Gasteiger charge is 2.37. The first-order valence-corrected chi connectivity index (χ1v) is 10.2. The molecule has 0 aliphatic heterocycles. The predicted octanol–water partition coefficient (Wildman–Crippen LogP) is 4.49. The summed E-state index contributed by atoms with van der Waals surface area (Å²) < 4.78 is 47.1. The number of nitrogens with zero attached hydrogens (tertiary/aromatic N) is 2. The van der Waals surface area contributed by atoms with Gasteiger partial charge in [-0.3, -0.25) is 9.36 Å². The topological polar surface area (TPSA) is 80.1 Å². The second-order valence-electron chi connectivity index (χ2n) is 7.68. The molecular formula is C24H18F3N3O3. The summed E-state index contributed by atoms with van der Waals surface area (Å²) in [7, 11) is 0. The minimum Gasteiger partial charge on any atom is -0.490 e. The van der Waals surface area contributed by atoms with Gasteiger partial charge >= 0.3 is 6.18 Å². The molecule has 0 aliphatic rings. The van der Waals surface area contributed by atoms with E-state index in [4.69, 9.17) is 4.74 Å². The number of para-hydroxylation sites is 2. The number of benzene rings is 3. The number of hydrogen-bond acceptors (Lipinski definition) is 4. The second-order valence-corrected chi connectivity index (χ2v) is 7.68. The van der Waals surface area contributed by atoms with Gasteiger partial charge in [0.05, 0.1) is 23.0 Å². The Morgan fingerprint density at radius 2 is 1.67 bits per heavy atom. The third-order valence-corrected chi connectivity index (χ3v) is 5.43. The number of hydrogen-bond donors (Lipinski definition) is 2. The van der Waals surface area contributed by atoms with Gasteiger partial charge in [0.25, 0.3) is 5.56 Å². The van der Waals surface area contributed by atoms with Crippen molar-refractivity contribution < 1.29 is 23.0 Å². The van der Waals surface area contributed by atoms with Crippen molar-refractivity contribution in [1.29, 1.82) is 0 Å². The highest BCUT2D eigenvalue weighted by atomic mass is 19.4. The van der Waals surface area contributed by atoms with E-state index in [1.165, 1.54) is 18.2 Å². The van der Waals surface area contributed by atoms with Crippen LogP contribution in [0, 0.1) is 0 Å². The maximum absolute atomic E-state index is 13.6. The van der Waals surface area contributed by atoms with Gasteiger partial charge in [-0.05, 0) is 30.3 Å². The number of aliphatic hydroxyl groups excluding tert-OH is 1. The lowest BCUT2D eigenvalue weighted by atomic mass is 10.1. The van der Waals surface area contributed by atoms with Crippen LogP contribution in [0.25, 0.3) is 32.7 Å². The van der Waals surface area contributed by atoms with Crippen LogP contribution in [-0.4, -0.2) is 32.4 Å². The average Bonchev–Trinajstić information content (AvgIpc) is 3.18. The van der Waals surface area contributed by atoms with Crippen LogP contribution in [0.4, 0.5) is 13.2 Å². The summed E-state index contributed by atoms with van der Waals surface area (Å²) in [6.45, 7) is -0.926. The number of aromatic nitrogens is 3. The Balaban J connectivity index is 1.45. The fourth-order valence-electron chi connectivity index (χ4n) is 3.99. The van der Waals surface area contributed by atoms with Crippen molar-refractivity contribution in [2.24, 2.45) is 0 Å². The van der Waals surface area contributed by atoms with Gasteiger partial charge in [-0.25, -0.2) is 4.98 Å². The lowest BCUT2D eigenvalue weighted by Crippen LogP contribution is -2.35. The van der Waals surface area contributed by atoms with Gasteiger partial charge < -0.3 is 14.8 Å². The smallest absolute Gasteiger partial charge is 0.449 e. The van der Waals surface area contributed by atoms with E-state index in [1.54, 1.807) is 18.2 Å². The van der Waals surface area contributed by atoms with E-state index in [9.17, 15) is 23.1 Å². The van der Waals surface area contributed by atoms with Crippen molar-refractivity contribution in [3.05, 3.63) is 82.9 Å². The third-order valence-electron chi connectivity index (χ3n) is 5.43. The maximum Gasteiger partial charge on any atom is 0.449 e. The number of H-pyrrole nitrogens is 1. The van der Waals surface area contributed by atoms with Crippen LogP contribution in [0.2, 0.25) is 0 Å². The molecule has 0 aliphatic carbocycles. The van der Waals surface area contributed by atoms with E-state index in [0.29, 0.717) is 10.3 Å². The van der Waals surface area contributed by atoms with Crippen LogP contribution in [0.15, 0.2) is 71.5 Å². The molecule has 2 heterocycles. The lowest BCUT2D eigenvalue weighted by Gasteiger charge is -2.19. The summed E-state index contributed by atoms with van der Waals surface area (Å²) in [5.41, 5.74) is 0.818. The predicted molar refractivity (Wildman–Crippen MR) is 118 cm³/mol. The first-order chi connectivity index (χ1) is 15.8. The van der Waals surface area contributed by atoms with Crippen LogP contribution in [-0.2, 0) is 12.7 Å². The fourth-order valence-corrected chi connectivity index (χ4v) is 3.99. The molecule has 0 bridgehead atoms. The number of halogens is 3. The minimum absolute atomic E-state index is 0.0437. The Labute approximate surface area is 184 Å². The normalized spacial score (nSPS) is 13.1. The average molecular weight is 453 g/mol. The molecule has 0 radical (unpaired) electrons. The standard InChI is InChI=1S/C24H18F3N3O3/c25-24(26,27)23-29-18-9-4-2-7-16(18)22(32)30(23)12-14(31)13-33-20-11-5-10-19-21(20)15-6-1-3-8-17(15)28-19/h1-11,14,28,31H,12-13H2. The molecule has 2 N–H and O–H groups in total. The maximum atomic E-state index is 13.6. The number of rotatable bonds is 5. The second kappa shape index (κ2) is 7.93. The third kappa shape index (κ3) is 3.80. The molecule has 2 aromatic heterocycles. The van der Waals surface area contributed by atoms with Crippen LogP contribution in [0.3, 0.4) is 0 Å². The van der Waals surface area contributed by atoms with Crippen LogP contribution < -0.4 is 10.3 Å². The quantitative estimate of drug-likeness (QED) is 0.411. The lowest BCUT2D eigenvalue weighted by molar-refractivity contribution is -0.148. The van der Waals surface area contributed by atoms with Crippen molar-refractivity contribution in [3.8, 4) is 5.75 Å². The van der Waals surface area contributed by atoms with Crippen molar-refractivity contribution in [1.82, 2.24) is 14.5 Å². The zero-order valence-corrected chi connectivity index (χ0v) is 17.1. The minimum atomic E-state index is -4.86. The molecule has 0 saturated heterocycles. The number of aliphatic hydroxyl groups is 1. The van der Waals surface area contributed by atoms with Gasteiger partial charge in [-0.1, -0.05) is 36.4 Å². The number of aromatic amines is 1. The Morgan fingerprint density at radius 1 is 0.970 bits per heavy atom. The summed E-state index contributed by atoms with van der Waals surface area (Å²) in [6.07, 6.45) is -6.24. The van der Waals surface area contributed by atoms with Gasteiger partial charge in [0.1, 0.15) is 18.5 Å². The molecule has 168 valence electrons. The molecule has 6 nitrogen and oxygen atoms in total. The summed E-state index contributed by atoms with van der Waals surface area (Å²) >= 11 is 0. The zero-order chi connectivity index (χ0) is 23.2. The van der Waals surface area contributed by atoms with Gasteiger partial charge in [-0.2, -0.15) is 13.2 Å². The van der Waals surface area contributed by atoms with Crippen molar-refractivity contribution in [2.45, 2.75) is 18.8 Å². The van der Waals surface area contributed by atoms with Gasteiger partial charge in [0.15, 0.2) is 0 Å². The summed E-state index contributed by atoms with van der Waals surface area (Å²) in [4.78, 5) is 19.7. The molecule has 5 rings (SSSR count). The first kappa shape index (κ1) is 21.0. The molecule has 0 fully saturated rings. The molecule has 0 saturated carbocycles. The Bertz CT molecular complexity index is 1540. The number of alkyl halides is 3. The van der Waals surface area contributed by atoms with Gasteiger partial charge in [-0.15, -0.1) is 0 Å². The van der Waals surface area contributed by atoms with Crippen molar-refractivity contribution in [2.75, 3.05) is 6.61 Å². The number of ether oxygens (including phenoxy) is 1. The van der Waals surface area contributed by atoms with Gasteiger partial charge in [0, 0.05) is 16.3 Å². The van der Waals surface area contributed by atoms with Gasteiger partial charge in [0.2, 0.25) is 5.82 Å². The molecule has 33 heavy (non-hydrogen) atoms. The molecule has 3 aromatic carbocycles. The Morgan fingerprint density at radius 3 is 2.45 bits per heavy atom. The number of fused-ring (bicyclic) bond motifs is 4. The van der Waals surface area contributed by atoms with Crippen molar-refractivity contribution >= 4 is 32.7 Å². The van der Waals surface area contributed by atoms with E-state index in [2.05, 4.69) is 9.97 Å². The molecular weight excluding hydrogens is 435 g/mol. The van der Waals surface area contributed by atoms with Crippen LogP contribution >= 0.6 is 0 Å². The summed E-state index contributed by atoms with van der Waals surface area (Å²) in [5.74, 6) is -0.881. The monoisotopic (exact) mass is 453 g/mol. The molecule has 5 aromatic rings. The van der Waals surface area contributed by atoms with E-state index in [-0.39, 0.29) is 17.5 Å². The number of nitrogens with one attached hydrogen (secondary N) is 1. The van der Waals surface area contributed by atoms with E-state index in [1.807, 2.05) is 30.3 Å². The van der Waals surface area contributed by atoms with Crippen LogP contribution in [0.5, 0.6) is 5.75 Å². The molecule has 0 amide bonds. The zero-order valence-electron chi connectivity index (χ0n) is 17.1. The summed E-state index contributed by atoms with van der Waals surface area (Å²) in [6, 6.07) is 18.8. The highest BCUT2D eigenvalue weighted by molar-refractivity contribution is 6.10. The van der Waals surface area contributed by atoms with E-state index >= 15 is 0 Å². The molecule has 9 heteroatoms. The summed E-state index contributed by atoms with van der Waals surface area (Å²) in [5, 5.41) is 12.3. The Hall–Kier alpha value is -3.85. The molecule has 1 atom stereocenters. The Kier molecular flexibility index (Phi) is 5.05.